The second-order valence-electron chi connectivity index (χ2n) is 6.51. The molecule has 0 radical (unpaired) electrons. The third kappa shape index (κ3) is 2.50. The summed E-state index contributed by atoms with van der Waals surface area (Å²) in [5, 5.41) is 3.89. The van der Waals surface area contributed by atoms with E-state index in [0.29, 0.717) is 22.8 Å². The molecule has 2 aliphatic rings. The van der Waals surface area contributed by atoms with Crippen molar-refractivity contribution in [1.82, 2.24) is 5.32 Å². The van der Waals surface area contributed by atoms with E-state index >= 15 is 0 Å². The van der Waals surface area contributed by atoms with Gasteiger partial charge in [-0.1, -0.05) is 40.2 Å². The monoisotopic (exact) mass is 425 g/mol. The molecule has 5 N–H and O–H groups in total. The number of para-hydroxylation sites is 1. The molecule has 6 nitrogen and oxygen atoms in total. The zero-order valence-corrected chi connectivity index (χ0v) is 15.7. The summed E-state index contributed by atoms with van der Waals surface area (Å²) in [5.41, 5.74) is 6.62. The molecule has 0 aliphatic carbocycles. The Kier molecular flexibility index (Phi) is 3.66. The van der Waals surface area contributed by atoms with Gasteiger partial charge in [0.25, 0.3) is 12.0 Å². The van der Waals surface area contributed by atoms with Crippen molar-refractivity contribution in [2.45, 2.75) is 12.1 Å². The molecule has 0 spiro atoms. The number of halogens is 1. The number of nitrogens with one attached hydrogen (secondary N) is 2. The van der Waals surface area contributed by atoms with Gasteiger partial charge < -0.3 is 14.9 Å². The third-order valence-corrected chi connectivity index (χ3v) is 5.46. The fourth-order valence-corrected chi connectivity index (χ4v) is 3.98. The Labute approximate surface area is 162 Å². The van der Waals surface area contributed by atoms with Crippen molar-refractivity contribution in [1.29, 1.82) is 0 Å². The van der Waals surface area contributed by atoms with Crippen molar-refractivity contribution in [2.75, 3.05) is 0 Å². The van der Waals surface area contributed by atoms with Crippen molar-refractivity contribution in [3.63, 3.8) is 0 Å². The van der Waals surface area contributed by atoms with Gasteiger partial charge in [-0.15, -0.1) is 0 Å². The van der Waals surface area contributed by atoms with Crippen molar-refractivity contribution in [3.05, 3.63) is 86.0 Å². The minimum absolute atomic E-state index is 0.242. The van der Waals surface area contributed by atoms with E-state index in [1.807, 2.05) is 42.5 Å². The Morgan fingerprint density at radius 2 is 1.89 bits per heavy atom. The number of rotatable bonds is 1. The molecule has 0 unspecified atom stereocenters. The Balaban J connectivity index is 1.84. The average Bonchev–Trinajstić information content (AvgIpc) is 2.68. The lowest BCUT2D eigenvalue weighted by Crippen LogP contribution is -2.96. The summed E-state index contributed by atoms with van der Waals surface area (Å²) in [7, 11) is 0. The average molecular weight is 426 g/mol. The molecule has 3 heterocycles. The van der Waals surface area contributed by atoms with Gasteiger partial charge in [-0.2, -0.15) is 0 Å². The van der Waals surface area contributed by atoms with Crippen LogP contribution in [0.5, 0.6) is 5.75 Å². The summed E-state index contributed by atoms with van der Waals surface area (Å²) in [6, 6.07) is 15.3. The normalized spacial score (nSPS) is 20.7. The van der Waals surface area contributed by atoms with Crippen LogP contribution in [-0.2, 0) is 0 Å². The summed E-state index contributed by atoms with van der Waals surface area (Å²) in [4.78, 5) is 16.1. The summed E-state index contributed by atoms with van der Waals surface area (Å²) < 4.78 is 12.7. The molecule has 0 saturated carbocycles. The Bertz CT molecular complexity index is 1180. The first-order chi connectivity index (χ1) is 13.1. The maximum absolute atomic E-state index is 13.0. The maximum Gasteiger partial charge on any atom is 0.344 e. The molecule has 3 aromatic rings. The fraction of sp³-hybridized carbons (Fsp3) is 0.100. The molecule has 1 aromatic heterocycles. The quantitative estimate of drug-likeness (QED) is 0.497. The number of hydrogen-bond acceptors (Lipinski definition) is 4. The van der Waals surface area contributed by atoms with Crippen molar-refractivity contribution in [3.8, 4) is 5.75 Å². The van der Waals surface area contributed by atoms with Crippen LogP contribution in [-0.4, -0.2) is 12.5 Å². The van der Waals surface area contributed by atoms with Gasteiger partial charge in [0.2, 0.25) is 6.34 Å². The number of fused-ring (bicyclic) bond motifs is 3. The van der Waals surface area contributed by atoms with Gasteiger partial charge in [0.05, 0.1) is 16.9 Å². The Morgan fingerprint density at radius 3 is 2.70 bits per heavy atom. The van der Waals surface area contributed by atoms with Crippen LogP contribution in [0.2, 0.25) is 0 Å². The van der Waals surface area contributed by atoms with E-state index in [1.165, 1.54) is 0 Å². The summed E-state index contributed by atoms with van der Waals surface area (Å²) >= 11 is 3.47. The standard InChI is InChI=1S/C20H14BrN3O3/c21-11-7-5-10(6-8-11)14-15-17(27-19-16(14)18(22)23-9-24-19)12-3-1-2-4-13(12)26-20(15)25/h1-9,14,18H,22H2,(H,23,24)/p+2/t14-,18-/m0/s1. The first kappa shape index (κ1) is 16.3. The van der Waals surface area contributed by atoms with Gasteiger partial charge in [0.1, 0.15) is 11.2 Å². The van der Waals surface area contributed by atoms with Crippen LogP contribution in [0.1, 0.15) is 17.0 Å². The van der Waals surface area contributed by atoms with Crippen molar-refractivity contribution in [2.24, 2.45) is 0 Å². The van der Waals surface area contributed by atoms with Gasteiger partial charge >= 0.3 is 5.63 Å². The van der Waals surface area contributed by atoms with Gasteiger partial charge in [-0.05, 0) is 29.8 Å². The summed E-state index contributed by atoms with van der Waals surface area (Å²) in [6.45, 7) is 0. The highest BCUT2D eigenvalue weighted by Crippen LogP contribution is 2.44. The van der Waals surface area contributed by atoms with Crippen molar-refractivity contribution < 1.29 is 19.9 Å². The van der Waals surface area contributed by atoms with Gasteiger partial charge in [-0.25, -0.2) is 15.1 Å². The second-order valence-corrected chi connectivity index (χ2v) is 7.42. The lowest BCUT2D eigenvalue weighted by Gasteiger charge is -2.29. The smallest absolute Gasteiger partial charge is 0.344 e. The van der Waals surface area contributed by atoms with Gasteiger partial charge in [-0.3, -0.25) is 0 Å². The van der Waals surface area contributed by atoms with Crippen LogP contribution in [0, 0.1) is 0 Å². The molecule has 2 atom stereocenters. The van der Waals surface area contributed by atoms with Crippen molar-refractivity contribution >= 4 is 33.2 Å². The lowest BCUT2D eigenvalue weighted by atomic mass is 9.82. The van der Waals surface area contributed by atoms with E-state index in [9.17, 15) is 4.79 Å². The van der Waals surface area contributed by atoms with E-state index in [-0.39, 0.29) is 12.1 Å². The molecule has 134 valence electrons. The molecule has 0 amide bonds. The molecule has 0 saturated heterocycles. The minimum atomic E-state index is -0.398. The van der Waals surface area contributed by atoms with E-state index in [2.05, 4.69) is 32.0 Å². The van der Waals surface area contributed by atoms with Gasteiger partial charge in [0, 0.05) is 4.47 Å². The number of benzene rings is 2. The van der Waals surface area contributed by atoms with E-state index in [0.717, 1.165) is 21.0 Å². The number of hydrogen-bond donors (Lipinski definition) is 3. The highest BCUT2D eigenvalue weighted by Gasteiger charge is 2.43. The zero-order valence-electron chi connectivity index (χ0n) is 14.2. The molecule has 0 bridgehead atoms. The molecular weight excluding hydrogens is 410 g/mol. The van der Waals surface area contributed by atoms with Crippen LogP contribution in [0.4, 0.5) is 0 Å². The maximum atomic E-state index is 13.0. The van der Waals surface area contributed by atoms with Gasteiger partial charge in [0.15, 0.2) is 5.75 Å². The fourth-order valence-electron chi connectivity index (χ4n) is 3.71. The Morgan fingerprint density at radius 1 is 1.11 bits per heavy atom. The SMILES string of the molecule is [NH3+][C@H]1[NH+]=CNC2=C1[C@@H](c1ccc(Br)cc1)c1c(c3ccccc3oc1=O)O2. The highest BCUT2D eigenvalue weighted by atomic mass is 79.9. The van der Waals surface area contributed by atoms with Crippen LogP contribution < -0.4 is 26.4 Å². The second kappa shape index (κ2) is 6.07. The third-order valence-electron chi connectivity index (χ3n) is 4.93. The number of quaternary nitrogens is 1. The van der Waals surface area contributed by atoms with E-state index < -0.39 is 5.63 Å². The first-order valence-corrected chi connectivity index (χ1v) is 9.33. The van der Waals surface area contributed by atoms with Crippen LogP contribution in [0.3, 0.4) is 0 Å². The van der Waals surface area contributed by atoms with Crippen LogP contribution >= 0.6 is 15.9 Å². The molecule has 5 rings (SSSR count). The predicted octanol–water partition coefficient (Wildman–Crippen LogP) is 0.572. The Hall–Kier alpha value is -2.90. The molecule has 27 heavy (non-hydrogen) atoms. The predicted molar refractivity (Wildman–Crippen MR) is 103 cm³/mol. The molecular formula is C20H16BrN3O3+2. The molecule has 2 aliphatic heterocycles. The zero-order chi connectivity index (χ0) is 18.5. The molecule has 7 heteroatoms. The first-order valence-electron chi connectivity index (χ1n) is 8.54. The summed E-state index contributed by atoms with van der Waals surface area (Å²) in [6.07, 6.45) is 1.46. The minimum Gasteiger partial charge on any atom is -0.422 e. The highest BCUT2D eigenvalue weighted by molar-refractivity contribution is 9.10. The number of ether oxygens (including phenoxy) is 1. The van der Waals surface area contributed by atoms with E-state index in [4.69, 9.17) is 9.15 Å². The topological polar surface area (TPSA) is 93.1 Å². The molecule has 0 fully saturated rings. The summed E-state index contributed by atoms with van der Waals surface area (Å²) in [5.74, 6) is 0.808. The largest absolute Gasteiger partial charge is 0.422 e. The lowest BCUT2D eigenvalue weighted by molar-refractivity contribution is -0.687. The van der Waals surface area contributed by atoms with Crippen LogP contribution in [0.15, 0.2) is 73.7 Å². The van der Waals surface area contributed by atoms with Crippen LogP contribution in [0.25, 0.3) is 11.0 Å². The molecule has 2 aromatic carbocycles. The van der Waals surface area contributed by atoms with E-state index in [1.54, 1.807) is 12.4 Å².